The molecule has 134 valence electrons. The Bertz CT molecular complexity index is 1450. The number of fused-ring (bicyclic) bond motifs is 4. The highest BCUT2D eigenvalue weighted by molar-refractivity contribution is 6.00. The summed E-state index contributed by atoms with van der Waals surface area (Å²) in [5, 5.41) is 2.35. The van der Waals surface area contributed by atoms with Crippen LogP contribution in [0.1, 0.15) is 0 Å². The van der Waals surface area contributed by atoms with Gasteiger partial charge in [0.25, 0.3) is 11.0 Å². The number of ether oxygens (including phenoxy) is 2. The summed E-state index contributed by atoms with van der Waals surface area (Å²) in [7, 11) is 0. The number of rotatable bonds is 0. The lowest BCUT2D eigenvalue weighted by Crippen LogP contribution is -2.79. The zero-order valence-electron chi connectivity index (χ0n) is 15.3. The molecule has 3 aromatic carbocycles. The van der Waals surface area contributed by atoms with Crippen molar-refractivity contribution in [2.24, 2.45) is 0 Å². The van der Waals surface area contributed by atoms with E-state index in [-0.39, 0.29) is 0 Å². The van der Waals surface area contributed by atoms with Gasteiger partial charge in [0.2, 0.25) is 11.4 Å². The third-order valence-corrected chi connectivity index (χ3v) is 6.36. The van der Waals surface area contributed by atoms with E-state index in [2.05, 4.69) is 69.8 Å². The molecule has 4 heteroatoms. The van der Waals surface area contributed by atoms with Crippen LogP contribution in [0.4, 0.5) is 0 Å². The van der Waals surface area contributed by atoms with Crippen molar-refractivity contribution in [3.63, 3.8) is 0 Å². The molecule has 3 aliphatic heterocycles. The zero-order valence-corrected chi connectivity index (χ0v) is 15.3. The van der Waals surface area contributed by atoms with Crippen LogP contribution in [0.3, 0.4) is 0 Å². The fourth-order valence-corrected chi connectivity index (χ4v) is 5.21. The van der Waals surface area contributed by atoms with E-state index in [1.807, 2.05) is 24.3 Å². The second-order valence-electron chi connectivity index (χ2n) is 7.79. The van der Waals surface area contributed by atoms with E-state index in [4.69, 9.17) is 9.47 Å². The number of aromatic nitrogens is 2. The smallest absolute Gasteiger partial charge is 0.340 e. The van der Waals surface area contributed by atoms with Gasteiger partial charge in [-0.2, -0.15) is 0 Å². The van der Waals surface area contributed by atoms with Crippen molar-refractivity contribution in [3.05, 3.63) is 84.9 Å². The van der Waals surface area contributed by atoms with Gasteiger partial charge in [0.15, 0.2) is 11.5 Å². The second kappa shape index (κ2) is 4.39. The molecular formula is C25H14N2O2+2. The van der Waals surface area contributed by atoms with Crippen LogP contribution in [0, 0.1) is 0 Å². The lowest BCUT2D eigenvalue weighted by molar-refractivity contribution is -1.03. The van der Waals surface area contributed by atoms with Gasteiger partial charge < -0.3 is 9.47 Å². The van der Waals surface area contributed by atoms with Crippen LogP contribution in [0.25, 0.3) is 44.3 Å². The minimum Gasteiger partial charge on any atom is -0.340 e. The molecule has 0 saturated carbocycles. The molecule has 0 unspecified atom stereocenters. The summed E-state index contributed by atoms with van der Waals surface area (Å²) in [4.78, 5) is 0. The van der Waals surface area contributed by atoms with Crippen molar-refractivity contribution in [2.75, 3.05) is 0 Å². The summed E-state index contributed by atoms with van der Waals surface area (Å²) in [5.74, 6) is 1.66. The standard InChI is InChI=1S/C25H14N2O2/c1-3-7-21-17(5-1)19-13-11-15-9-10-16-12-14-20-18-6-2-4-8-22(18)29-25(28-21)26(19)23(15)24(16)27(20)25/h1-14H/q+2. The Hall–Kier alpha value is -3.92. The molecular weight excluding hydrogens is 360 g/mol. The van der Waals surface area contributed by atoms with E-state index < -0.39 is 6.03 Å². The van der Waals surface area contributed by atoms with E-state index in [1.54, 1.807) is 0 Å². The van der Waals surface area contributed by atoms with Crippen LogP contribution in [0.5, 0.6) is 11.5 Å². The van der Waals surface area contributed by atoms with Gasteiger partial charge in [-0.1, -0.05) is 24.3 Å². The maximum absolute atomic E-state index is 6.73. The minimum atomic E-state index is -1.10. The lowest BCUT2D eigenvalue weighted by Gasteiger charge is -2.29. The summed E-state index contributed by atoms with van der Waals surface area (Å²) in [6.07, 6.45) is 0. The predicted octanol–water partition coefficient (Wildman–Crippen LogP) is 4.12. The number of para-hydroxylation sites is 2. The average Bonchev–Trinajstić information content (AvgIpc) is 3.08. The fraction of sp³-hybridized carbons (Fsp3) is 0.0400. The Kier molecular flexibility index (Phi) is 2.14. The molecule has 0 bridgehead atoms. The molecule has 0 fully saturated rings. The van der Waals surface area contributed by atoms with Crippen LogP contribution >= 0.6 is 0 Å². The molecule has 2 aromatic heterocycles. The van der Waals surface area contributed by atoms with Crippen molar-refractivity contribution in [3.8, 4) is 34.0 Å². The van der Waals surface area contributed by atoms with Gasteiger partial charge in [-0.15, -0.1) is 0 Å². The molecule has 3 aliphatic rings. The van der Waals surface area contributed by atoms with Crippen LogP contribution in [0.2, 0.25) is 0 Å². The molecule has 1 spiro atoms. The maximum atomic E-state index is 6.73. The van der Waals surface area contributed by atoms with Gasteiger partial charge in [-0.05, 0) is 57.7 Å². The molecule has 5 heterocycles. The summed E-state index contributed by atoms with van der Waals surface area (Å²) in [6.45, 7) is 0. The highest BCUT2D eigenvalue weighted by Crippen LogP contribution is 2.45. The van der Waals surface area contributed by atoms with E-state index in [0.29, 0.717) is 0 Å². The molecule has 0 saturated heterocycles. The summed E-state index contributed by atoms with van der Waals surface area (Å²) in [5.41, 5.74) is 6.64. The van der Waals surface area contributed by atoms with Crippen LogP contribution < -0.4 is 18.6 Å². The van der Waals surface area contributed by atoms with Crippen molar-refractivity contribution in [2.45, 2.75) is 6.03 Å². The Balaban J connectivity index is 1.66. The van der Waals surface area contributed by atoms with Crippen molar-refractivity contribution < 1.29 is 18.6 Å². The first kappa shape index (κ1) is 14.1. The molecule has 0 aliphatic carbocycles. The predicted molar refractivity (Wildman–Crippen MR) is 107 cm³/mol. The summed E-state index contributed by atoms with van der Waals surface area (Å²) in [6, 6.07) is 28.4. The van der Waals surface area contributed by atoms with Gasteiger partial charge in [0.05, 0.1) is 21.9 Å². The minimum absolute atomic E-state index is 0.828. The number of benzene rings is 3. The van der Waals surface area contributed by atoms with Crippen molar-refractivity contribution >= 4 is 21.8 Å². The number of nitrogens with zero attached hydrogens (tertiary/aromatic N) is 2. The van der Waals surface area contributed by atoms with E-state index in [1.165, 1.54) is 10.8 Å². The average molecular weight is 374 g/mol. The van der Waals surface area contributed by atoms with Crippen LogP contribution in [0.15, 0.2) is 84.9 Å². The zero-order chi connectivity index (χ0) is 18.7. The van der Waals surface area contributed by atoms with Crippen molar-refractivity contribution in [1.29, 1.82) is 0 Å². The van der Waals surface area contributed by atoms with E-state index >= 15 is 0 Å². The second-order valence-corrected chi connectivity index (χ2v) is 7.79. The van der Waals surface area contributed by atoms with E-state index in [9.17, 15) is 0 Å². The molecule has 29 heavy (non-hydrogen) atoms. The molecule has 0 N–H and O–H groups in total. The molecule has 0 radical (unpaired) electrons. The number of hydrogen-bond acceptors (Lipinski definition) is 2. The van der Waals surface area contributed by atoms with Gasteiger partial charge >= 0.3 is 6.03 Å². The molecule has 0 atom stereocenters. The first-order valence-corrected chi connectivity index (χ1v) is 9.79. The highest BCUT2D eigenvalue weighted by Gasteiger charge is 2.71. The number of pyridine rings is 2. The third-order valence-electron chi connectivity index (χ3n) is 6.36. The lowest BCUT2D eigenvalue weighted by atomic mass is 10.0. The van der Waals surface area contributed by atoms with E-state index in [0.717, 1.165) is 45.0 Å². The molecule has 0 amide bonds. The normalized spacial score (nSPS) is 15.7. The first-order chi connectivity index (χ1) is 14.4. The monoisotopic (exact) mass is 374 g/mol. The molecule has 8 rings (SSSR count). The van der Waals surface area contributed by atoms with Gasteiger partial charge in [0.1, 0.15) is 0 Å². The Labute approximate surface area is 165 Å². The third kappa shape index (κ3) is 1.42. The van der Waals surface area contributed by atoms with Crippen LogP contribution in [-0.4, -0.2) is 0 Å². The fourth-order valence-electron chi connectivity index (χ4n) is 5.21. The Morgan fingerprint density at radius 1 is 0.517 bits per heavy atom. The van der Waals surface area contributed by atoms with Gasteiger partial charge in [-0.3, -0.25) is 0 Å². The Morgan fingerprint density at radius 2 is 0.966 bits per heavy atom. The largest absolute Gasteiger partial charge is 0.716 e. The quantitative estimate of drug-likeness (QED) is 0.301. The molecule has 5 aromatic rings. The first-order valence-electron chi connectivity index (χ1n) is 9.79. The maximum Gasteiger partial charge on any atom is 0.716 e. The Morgan fingerprint density at radius 3 is 1.48 bits per heavy atom. The molecule has 4 nitrogen and oxygen atoms in total. The SMILES string of the molecule is c1ccc2c(c1)OC13Oc4ccccc4-c4ccc5ccc6ccc-2[n+]1c6c5[n+]43. The van der Waals surface area contributed by atoms with Gasteiger partial charge in [0, 0.05) is 12.1 Å². The van der Waals surface area contributed by atoms with Crippen LogP contribution in [-0.2, 0) is 6.03 Å². The topological polar surface area (TPSA) is 26.2 Å². The summed E-state index contributed by atoms with van der Waals surface area (Å²) < 4.78 is 17.9. The number of hydrogen-bond donors (Lipinski definition) is 0. The van der Waals surface area contributed by atoms with Gasteiger partial charge in [-0.25, -0.2) is 0 Å². The van der Waals surface area contributed by atoms with Crippen molar-refractivity contribution in [1.82, 2.24) is 0 Å². The summed E-state index contributed by atoms with van der Waals surface area (Å²) >= 11 is 0. The highest BCUT2D eigenvalue weighted by atomic mass is 16.7.